The van der Waals surface area contributed by atoms with Gasteiger partial charge in [0.2, 0.25) is 0 Å². The van der Waals surface area contributed by atoms with Crippen molar-refractivity contribution in [2.45, 2.75) is 12.5 Å². The van der Waals surface area contributed by atoms with Crippen LogP contribution in [0.2, 0.25) is 0 Å². The molecule has 0 spiro atoms. The van der Waals surface area contributed by atoms with Gasteiger partial charge in [0.05, 0.1) is 18.2 Å². The molecule has 5 heteroatoms. The highest BCUT2D eigenvalue weighted by Crippen LogP contribution is 2.33. The van der Waals surface area contributed by atoms with Crippen LogP contribution in [0.5, 0.6) is 5.75 Å². The summed E-state index contributed by atoms with van der Waals surface area (Å²) in [5.74, 6) is -0.765. The van der Waals surface area contributed by atoms with Crippen molar-refractivity contribution in [3.8, 4) is 5.75 Å². The molecule has 0 saturated carbocycles. The number of anilines is 1. The summed E-state index contributed by atoms with van der Waals surface area (Å²) in [7, 11) is 1.78. The quantitative estimate of drug-likeness (QED) is 0.828. The van der Waals surface area contributed by atoms with Gasteiger partial charge in [0.25, 0.3) is 0 Å². The number of carbonyl (C=O) groups is 1. The summed E-state index contributed by atoms with van der Waals surface area (Å²) in [6, 6.07) is 4.03. The fraction of sp³-hybridized carbons (Fsp3) is 0.364. The van der Waals surface area contributed by atoms with Crippen LogP contribution in [-0.4, -0.2) is 30.8 Å². The van der Waals surface area contributed by atoms with Crippen molar-refractivity contribution >= 4 is 11.7 Å². The van der Waals surface area contributed by atoms with E-state index in [1.807, 2.05) is 4.90 Å². The number of benzene rings is 1. The van der Waals surface area contributed by atoms with E-state index < -0.39 is 5.97 Å². The third-order valence-electron chi connectivity index (χ3n) is 2.69. The van der Waals surface area contributed by atoms with E-state index >= 15 is 0 Å². The van der Waals surface area contributed by atoms with E-state index in [0.29, 0.717) is 5.75 Å². The Morgan fingerprint density at radius 3 is 3.12 bits per heavy atom. The molecule has 1 atom stereocenters. The Morgan fingerprint density at radius 1 is 1.69 bits per heavy atom. The van der Waals surface area contributed by atoms with Gasteiger partial charge >= 0.3 is 5.97 Å². The van der Waals surface area contributed by atoms with Crippen LogP contribution in [0.25, 0.3) is 0 Å². The van der Waals surface area contributed by atoms with Gasteiger partial charge in [-0.05, 0) is 12.1 Å². The monoisotopic (exact) mass is 225 g/mol. The van der Waals surface area contributed by atoms with Crippen LogP contribution in [-0.2, 0) is 4.79 Å². The number of rotatable bonds is 2. The third-order valence-corrected chi connectivity index (χ3v) is 2.69. The van der Waals surface area contributed by atoms with Crippen LogP contribution in [0.1, 0.15) is 6.42 Å². The first-order chi connectivity index (χ1) is 7.58. The van der Waals surface area contributed by atoms with Gasteiger partial charge < -0.3 is 14.7 Å². The summed E-state index contributed by atoms with van der Waals surface area (Å²) < 4.78 is 18.3. The lowest BCUT2D eigenvalue weighted by Crippen LogP contribution is -2.41. The topological polar surface area (TPSA) is 49.8 Å². The Hall–Kier alpha value is -1.78. The average molecular weight is 225 g/mol. The zero-order chi connectivity index (χ0) is 11.7. The lowest BCUT2D eigenvalue weighted by molar-refractivity contribution is -0.137. The number of ether oxygens (including phenoxy) is 1. The van der Waals surface area contributed by atoms with Gasteiger partial charge in [-0.15, -0.1) is 0 Å². The molecule has 0 aliphatic carbocycles. The maximum atomic E-state index is 12.9. The molecule has 0 saturated heterocycles. The summed E-state index contributed by atoms with van der Waals surface area (Å²) in [6.45, 7) is 0.263. The van der Waals surface area contributed by atoms with Crippen molar-refractivity contribution < 1.29 is 19.0 Å². The number of aliphatic carboxylic acids is 1. The largest absolute Gasteiger partial charge is 0.489 e. The van der Waals surface area contributed by atoms with E-state index in [1.165, 1.54) is 12.1 Å². The van der Waals surface area contributed by atoms with Gasteiger partial charge in [0.15, 0.2) is 0 Å². The van der Waals surface area contributed by atoms with E-state index in [-0.39, 0.29) is 24.9 Å². The van der Waals surface area contributed by atoms with Crippen LogP contribution in [0, 0.1) is 5.82 Å². The number of nitrogens with zero attached hydrogens (tertiary/aromatic N) is 1. The van der Waals surface area contributed by atoms with Crippen LogP contribution in [0.15, 0.2) is 18.2 Å². The van der Waals surface area contributed by atoms with Crippen LogP contribution in [0.3, 0.4) is 0 Å². The molecule has 1 N–H and O–H groups in total. The van der Waals surface area contributed by atoms with Crippen molar-refractivity contribution in [1.82, 2.24) is 0 Å². The van der Waals surface area contributed by atoms with Crippen molar-refractivity contribution in [2.75, 3.05) is 18.6 Å². The second-order valence-corrected chi connectivity index (χ2v) is 3.79. The molecule has 16 heavy (non-hydrogen) atoms. The summed E-state index contributed by atoms with van der Waals surface area (Å²) in [6.07, 6.45) is 0.00726. The number of hydrogen-bond donors (Lipinski definition) is 1. The molecule has 0 amide bonds. The minimum absolute atomic E-state index is 0.00726. The van der Waals surface area contributed by atoms with Gasteiger partial charge in [-0.25, -0.2) is 4.39 Å². The van der Waals surface area contributed by atoms with Gasteiger partial charge in [0, 0.05) is 13.1 Å². The molecule has 4 nitrogen and oxygen atoms in total. The van der Waals surface area contributed by atoms with E-state index in [4.69, 9.17) is 9.84 Å². The van der Waals surface area contributed by atoms with Crippen LogP contribution < -0.4 is 9.64 Å². The molecule has 0 aromatic heterocycles. The number of halogens is 1. The molecular weight excluding hydrogens is 213 g/mol. The van der Waals surface area contributed by atoms with E-state index in [1.54, 1.807) is 13.1 Å². The Balaban J connectivity index is 2.25. The highest BCUT2D eigenvalue weighted by atomic mass is 19.1. The lowest BCUT2D eigenvalue weighted by Gasteiger charge is -2.34. The SMILES string of the molecule is CN1c2ccc(F)cc2OC[C@@H]1CC(=O)O. The third kappa shape index (κ3) is 1.93. The van der Waals surface area contributed by atoms with Crippen LogP contribution in [0.4, 0.5) is 10.1 Å². The Labute approximate surface area is 92.2 Å². The van der Waals surface area contributed by atoms with Crippen molar-refractivity contribution in [3.63, 3.8) is 0 Å². The van der Waals surface area contributed by atoms with Gasteiger partial charge in [-0.2, -0.15) is 0 Å². The molecule has 1 aromatic rings. The number of carboxylic acids is 1. The molecular formula is C11H12FNO3. The molecule has 1 aliphatic rings. The highest BCUT2D eigenvalue weighted by molar-refractivity contribution is 5.70. The number of fused-ring (bicyclic) bond motifs is 1. The predicted octanol–water partition coefficient (Wildman–Crippen LogP) is 1.50. The van der Waals surface area contributed by atoms with Gasteiger partial charge in [-0.1, -0.05) is 0 Å². The second kappa shape index (κ2) is 4.00. The summed E-state index contributed by atoms with van der Waals surface area (Å²) >= 11 is 0. The van der Waals surface area contributed by atoms with Crippen molar-refractivity contribution in [1.29, 1.82) is 0 Å². The first kappa shape index (κ1) is 10.7. The van der Waals surface area contributed by atoms with E-state index in [2.05, 4.69) is 0 Å². The minimum Gasteiger partial charge on any atom is -0.489 e. The highest BCUT2D eigenvalue weighted by Gasteiger charge is 2.26. The maximum Gasteiger partial charge on any atom is 0.305 e. The molecule has 0 fully saturated rings. The summed E-state index contributed by atoms with van der Waals surface area (Å²) in [5, 5.41) is 8.73. The summed E-state index contributed by atoms with van der Waals surface area (Å²) in [5.41, 5.74) is 0.721. The number of carboxylic acid groups (broad SMARTS) is 1. The molecule has 1 aromatic carbocycles. The molecule has 1 heterocycles. The van der Waals surface area contributed by atoms with Crippen molar-refractivity contribution in [3.05, 3.63) is 24.0 Å². The fourth-order valence-corrected chi connectivity index (χ4v) is 1.79. The predicted molar refractivity (Wildman–Crippen MR) is 56.3 cm³/mol. The van der Waals surface area contributed by atoms with Crippen molar-refractivity contribution in [2.24, 2.45) is 0 Å². The zero-order valence-electron chi connectivity index (χ0n) is 8.81. The van der Waals surface area contributed by atoms with Gasteiger partial charge in [0.1, 0.15) is 18.2 Å². The molecule has 0 bridgehead atoms. The zero-order valence-corrected chi connectivity index (χ0v) is 8.81. The first-order valence-corrected chi connectivity index (χ1v) is 4.95. The van der Waals surface area contributed by atoms with Crippen LogP contribution >= 0.6 is 0 Å². The molecule has 86 valence electrons. The number of likely N-dealkylation sites (N-methyl/N-ethyl adjacent to an activating group) is 1. The molecule has 0 unspecified atom stereocenters. The molecule has 0 radical (unpaired) electrons. The average Bonchev–Trinajstić information content (AvgIpc) is 2.22. The first-order valence-electron chi connectivity index (χ1n) is 4.95. The van der Waals surface area contributed by atoms with E-state index in [9.17, 15) is 9.18 Å². The second-order valence-electron chi connectivity index (χ2n) is 3.79. The molecule has 1 aliphatic heterocycles. The Bertz CT molecular complexity index is 422. The lowest BCUT2D eigenvalue weighted by atomic mass is 10.1. The smallest absolute Gasteiger partial charge is 0.305 e. The molecule has 2 rings (SSSR count). The maximum absolute atomic E-state index is 12.9. The standard InChI is InChI=1S/C11H12FNO3/c1-13-8(5-11(14)15)6-16-10-4-7(12)2-3-9(10)13/h2-4,8H,5-6H2,1H3,(H,14,15)/t8-/m0/s1. The Morgan fingerprint density at radius 2 is 2.44 bits per heavy atom. The fourth-order valence-electron chi connectivity index (χ4n) is 1.79. The van der Waals surface area contributed by atoms with E-state index in [0.717, 1.165) is 5.69 Å². The normalized spacial score (nSPS) is 18.9. The Kier molecular flexibility index (Phi) is 2.68. The number of hydrogen-bond acceptors (Lipinski definition) is 3. The minimum atomic E-state index is -0.869. The summed E-state index contributed by atoms with van der Waals surface area (Å²) in [4.78, 5) is 12.4. The van der Waals surface area contributed by atoms with Gasteiger partial charge in [-0.3, -0.25) is 4.79 Å².